The van der Waals surface area contributed by atoms with Crippen molar-refractivity contribution in [2.24, 2.45) is 0 Å². The van der Waals surface area contributed by atoms with Gasteiger partial charge in [0.2, 0.25) is 0 Å². The Hall–Kier alpha value is -3.92. The molecule has 4 aromatic rings. The lowest BCUT2D eigenvalue weighted by atomic mass is 10.1. The first-order chi connectivity index (χ1) is 17.3. The predicted molar refractivity (Wildman–Crippen MR) is 134 cm³/mol. The van der Waals surface area contributed by atoms with Gasteiger partial charge in [0.05, 0.1) is 18.0 Å². The molecule has 9 nitrogen and oxygen atoms in total. The number of piperazine rings is 1. The Kier molecular flexibility index (Phi) is 6.36. The summed E-state index contributed by atoms with van der Waals surface area (Å²) in [6.45, 7) is 6.27. The number of anilines is 1. The molecule has 0 aliphatic carbocycles. The largest absolute Gasteiger partial charge is 0.493 e. The van der Waals surface area contributed by atoms with Gasteiger partial charge in [0.25, 0.3) is 0 Å². The van der Waals surface area contributed by atoms with Crippen LogP contribution in [0.1, 0.15) is 18.3 Å². The number of ether oxygens (including phenoxy) is 2. The van der Waals surface area contributed by atoms with Crippen LogP contribution in [0.25, 0.3) is 21.9 Å². The molecule has 0 bridgehead atoms. The van der Waals surface area contributed by atoms with Gasteiger partial charge in [0, 0.05) is 49.2 Å². The summed E-state index contributed by atoms with van der Waals surface area (Å²) in [4.78, 5) is 26.0. The molecule has 0 spiro atoms. The highest BCUT2D eigenvalue weighted by molar-refractivity contribution is 5.92. The average Bonchev–Trinajstić information content (AvgIpc) is 3.23. The molecule has 1 fully saturated rings. The van der Waals surface area contributed by atoms with Crippen molar-refractivity contribution in [3.05, 3.63) is 53.8 Å². The third-order valence-corrected chi connectivity index (χ3v) is 6.44. The van der Waals surface area contributed by atoms with E-state index in [-0.39, 0.29) is 11.8 Å². The maximum atomic E-state index is 14.0. The molecule has 1 unspecified atom stereocenters. The summed E-state index contributed by atoms with van der Waals surface area (Å²) in [5.41, 5.74) is 1.90. The zero-order valence-corrected chi connectivity index (χ0v) is 20.7. The number of rotatable bonds is 5. The highest BCUT2D eigenvalue weighted by Gasteiger charge is 2.28. The van der Waals surface area contributed by atoms with Crippen molar-refractivity contribution in [1.82, 2.24) is 19.8 Å². The Morgan fingerprint density at radius 2 is 2.06 bits per heavy atom. The second-order valence-electron chi connectivity index (χ2n) is 9.04. The van der Waals surface area contributed by atoms with Crippen LogP contribution in [0.5, 0.6) is 11.5 Å². The molecule has 1 aliphatic heterocycles. The molecule has 5 rings (SSSR count). The number of nitrogens with zero attached hydrogens (tertiary/aromatic N) is 4. The number of methoxy groups -OCH3 is 1. The molecule has 36 heavy (non-hydrogen) atoms. The van der Waals surface area contributed by atoms with Gasteiger partial charge in [0.1, 0.15) is 23.5 Å². The Morgan fingerprint density at radius 1 is 1.22 bits per heavy atom. The van der Waals surface area contributed by atoms with E-state index in [1.807, 2.05) is 20.0 Å². The van der Waals surface area contributed by atoms with Gasteiger partial charge in [-0.2, -0.15) is 0 Å². The highest BCUT2D eigenvalue weighted by Crippen LogP contribution is 2.35. The van der Waals surface area contributed by atoms with Crippen LogP contribution in [0, 0.1) is 12.7 Å². The Labute approximate surface area is 207 Å². The van der Waals surface area contributed by atoms with E-state index in [9.17, 15) is 9.18 Å². The van der Waals surface area contributed by atoms with Gasteiger partial charge in [0.15, 0.2) is 17.3 Å². The van der Waals surface area contributed by atoms with E-state index in [0.29, 0.717) is 52.4 Å². The smallest absolute Gasteiger partial charge is 0.415 e. The van der Waals surface area contributed by atoms with Gasteiger partial charge in [-0.25, -0.2) is 19.2 Å². The van der Waals surface area contributed by atoms with Crippen LogP contribution in [0.2, 0.25) is 0 Å². The summed E-state index contributed by atoms with van der Waals surface area (Å²) in [6.07, 6.45) is 0.675. The zero-order valence-electron chi connectivity index (χ0n) is 20.7. The first-order valence-corrected chi connectivity index (χ1v) is 11.8. The third-order valence-electron chi connectivity index (χ3n) is 6.44. The van der Waals surface area contributed by atoms with Crippen LogP contribution in [0.4, 0.5) is 15.0 Å². The van der Waals surface area contributed by atoms with E-state index in [2.05, 4.69) is 20.2 Å². The summed E-state index contributed by atoms with van der Waals surface area (Å²) in [7, 11) is 3.55. The van der Waals surface area contributed by atoms with Crippen LogP contribution < -0.4 is 14.8 Å². The minimum Gasteiger partial charge on any atom is -0.493 e. The topological polar surface area (TPSA) is 93.0 Å². The number of aromatic nitrogens is 2. The maximum absolute atomic E-state index is 14.0. The number of amides is 1. The molecule has 0 saturated carbocycles. The van der Waals surface area contributed by atoms with Crippen LogP contribution in [0.3, 0.4) is 0 Å². The van der Waals surface area contributed by atoms with Crippen LogP contribution in [-0.4, -0.2) is 65.7 Å². The fourth-order valence-electron chi connectivity index (χ4n) is 4.59. The minimum atomic E-state index is -0.428. The zero-order chi connectivity index (χ0) is 25.4. The molecular weight excluding hydrogens is 465 g/mol. The van der Waals surface area contributed by atoms with Crippen molar-refractivity contribution < 1.29 is 23.1 Å². The second kappa shape index (κ2) is 9.62. The molecule has 2 aromatic heterocycles. The number of hydrogen-bond donors (Lipinski definition) is 1. The lowest BCUT2D eigenvalue weighted by Gasteiger charge is -2.37. The van der Waals surface area contributed by atoms with E-state index in [1.165, 1.54) is 7.11 Å². The van der Waals surface area contributed by atoms with Gasteiger partial charge >= 0.3 is 6.09 Å². The summed E-state index contributed by atoms with van der Waals surface area (Å²) in [5.74, 6) is 1.40. The lowest BCUT2D eigenvalue weighted by molar-refractivity contribution is 0.0886. The van der Waals surface area contributed by atoms with Crippen molar-refractivity contribution >= 4 is 33.8 Å². The van der Waals surface area contributed by atoms with Crippen LogP contribution in [0.15, 0.2) is 41.0 Å². The molecule has 1 aliphatic rings. The van der Waals surface area contributed by atoms with Crippen molar-refractivity contribution in [2.75, 3.05) is 39.1 Å². The summed E-state index contributed by atoms with van der Waals surface area (Å²) in [5, 5.41) is 4.40. The number of nitrogens with one attached hydrogen (secondary N) is 1. The monoisotopic (exact) mass is 493 g/mol. The number of benzene rings is 2. The summed E-state index contributed by atoms with van der Waals surface area (Å²) in [6, 6.07) is 8.79. The minimum absolute atomic E-state index is 0.0278. The third kappa shape index (κ3) is 4.51. The highest BCUT2D eigenvalue weighted by atomic mass is 19.1. The molecule has 0 radical (unpaired) electrons. The van der Waals surface area contributed by atoms with E-state index in [4.69, 9.17) is 13.9 Å². The SMILES string of the molecule is COc1cc2nc(C)nc(NCc3cccc4c(F)coc34)c2cc1OC(=O)N1CCN(C)CC1C. The van der Waals surface area contributed by atoms with Crippen molar-refractivity contribution in [1.29, 1.82) is 0 Å². The Bertz CT molecular complexity index is 1440. The number of carbonyl (C=O) groups excluding carboxylic acids is 1. The van der Waals surface area contributed by atoms with Gasteiger partial charge < -0.3 is 29.0 Å². The number of para-hydroxylation sites is 1. The molecule has 1 saturated heterocycles. The fourth-order valence-corrected chi connectivity index (χ4v) is 4.59. The lowest BCUT2D eigenvalue weighted by Crippen LogP contribution is -2.53. The molecular formula is C26H28FN5O4. The van der Waals surface area contributed by atoms with E-state index in [1.54, 1.807) is 36.1 Å². The number of hydrogen-bond acceptors (Lipinski definition) is 8. The molecule has 188 valence electrons. The van der Waals surface area contributed by atoms with Gasteiger partial charge in [-0.15, -0.1) is 0 Å². The number of halogens is 1. The molecule has 1 amide bonds. The number of carbonyl (C=O) groups is 1. The number of likely N-dealkylation sites (N-methyl/N-ethyl adjacent to an activating group) is 1. The first kappa shape index (κ1) is 23.8. The van der Waals surface area contributed by atoms with Crippen molar-refractivity contribution in [3.8, 4) is 11.5 Å². The molecule has 1 atom stereocenters. The van der Waals surface area contributed by atoms with Crippen LogP contribution >= 0.6 is 0 Å². The standard InChI is InChI=1S/C26H28FN5O4/c1-15-13-31(3)8-9-32(15)26(33)36-23-10-19-21(11-22(23)34-4)29-16(2)30-25(19)28-12-17-6-5-7-18-20(27)14-35-24(17)18/h5-7,10-11,14-15H,8-9,12-13H2,1-4H3,(H,28,29,30). The number of fused-ring (bicyclic) bond motifs is 2. The molecule has 10 heteroatoms. The first-order valence-electron chi connectivity index (χ1n) is 11.8. The van der Waals surface area contributed by atoms with Crippen molar-refractivity contribution in [2.45, 2.75) is 26.4 Å². The van der Waals surface area contributed by atoms with Gasteiger partial charge in [-0.05, 0) is 33.0 Å². The van der Waals surface area contributed by atoms with Crippen LogP contribution in [-0.2, 0) is 6.54 Å². The van der Waals surface area contributed by atoms with Crippen molar-refractivity contribution in [3.63, 3.8) is 0 Å². The van der Waals surface area contributed by atoms with E-state index in [0.717, 1.165) is 24.9 Å². The second-order valence-corrected chi connectivity index (χ2v) is 9.04. The Morgan fingerprint density at radius 3 is 2.83 bits per heavy atom. The van der Waals surface area contributed by atoms with Gasteiger partial charge in [-0.1, -0.05) is 12.1 Å². The maximum Gasteiger partial charge on any atom is 0.415 e. The average molecular weight is 494 g/mol. The fraction of sp³-hybridized carbons (Fsp3) is 0.346. The Balaban J connectivity index is 1.46. The molecule has 1 N–H and O–H groups in total. The van der Waals surface area contributed by atoms with E-state index < -0.39 is 11.9 Å². The quantitative estimate of drug-likeness (QED) is 0.432. The number of aryl methyl sites for hydroxylation is 1. The predicted octanol–water partition coefficient (Wildman–Crippen LogP) is 4.58. The summed E-state index contributed by atoms with van der Waals surface area (Å²) >= 11 is 0. The normalized spacial score (nSPS) is 16.5. The summed E-state index contributed by atoms with van der Waals surface area (Å²) < 4.78 is 30.7. The number of furan rings is 1. The molecule has 3 heterocycles. The van der Waals surface area contributed by atoms with Gasteiger partial charge in [-0.3, -0.25) is 0 Å². The molecule has 2 aromatic carbocycles. The van der Waals surface area contributed by atoms with E-state index >= 15 is 0 Å².